The Morgan fingerprint density at radius 2 is 2.09 bits per heavy atom. The maximum Gasteiger partial charge on any atom is 0.159 e. The summed E-state index contributed by atoms with van der Waals surface area (Å²) < 4.78 is 14.7. The maximum absolute atomic E-state index is 14.7. The van der Waals surface area contributed by atoms with E-state index in [0.717, 1.165) is 71.7 Å². The number of fused-ring (bicyclic) bond motifs is 2. The summed E-state index contributed by atoms with van der Waals surface area (Å²) in [6, 6.07) is 6.25. The standard InChI is InChI=1S/C26H32FN5/c1-5-17-7-6-16(4)21(27)11-20(17)18-8-9-19-22(10-18)30-31-25(19)26-28-23-13-32(12-15(2)3)14-24(23)29-26/h7-11,15-16,21H,5-6,12-14H2,1-4H3,(H,28,29)(H,30,31). The van der Waals surface area contributed by atoms with E-state index in [4.69, 9.17) is 4.98 Å². The molecule has 3 aromatic rings. The Labute approximate surface area is 188 Å². The van der Waals surface area contributed by atoms with Crippen LogP contribution in [0, 0.1) is 11.8 Å². The zero-order chi connectivity index (χ0) is 22.4. The molecule has 2 aliphatic rings. The van der Waals surface area contributed by atoms with E-state index < -0.39 is 6.17 Å². The molecule has 0 spiro atoms. The Hall–Kier alpha value is -2.73. The number of hydrogen-bond donors (Lipinski definition) is 2. The third-order valence-electron chi connectivity index (χ3n) is 6.67. The fourth-order valence-electron chi connectivity index (χ4n) is 4.94. The fourth-order valence-corrected chi connectivity index (χ4v) is 4.94. The van der Waals surface area contributed by atoms with Gasteiger partial charge in [0.05, 0.1) is 16.9 Å². The van der Waals surface area contributed by atoms with Crippen LogP contribution in [-0.4, -0.2) is 37.8 Å². The first kappa shape index (κ1) is 21.1. The van der Waals surface area contributed by atoms with Gasteiger partial charge in [0.15, 0.2) is 5.82 Å². The summed E-state index contributed by atoms with van der Waals surface area (Å²) in [4.78, 5) is 10.8. The van der Waals surface area contributed by atoms with Gasteiger partial charge in [-0.15, -0.1) is 0 Å². The van der Waals surface area contributed by atoms with Crippen molar-refractivity contribution in [2.75, 3.05) is 6.54 Å². The zero-order valence-corrected chi connectivity index (χ0v) is 19.4. The molecule has 1 aliphatic heterocycles. The predicted molar refractivity (Wildman–Crippen MR) is 128 cm³/mol. The van der Waals surface area contributed by atoms with Crippen molar-refractivity contribution >= 4 is 16.5 Å². The van der Waals surface area contributed by atoms with Gasteiger partial charge in [-0.05, 0) is 59.6 Å². The largest absolute Gasteiger partial charge is 0.339 e. The van der Waals surface area contributed by atoms with E-state index in [1.54, 1.807) is 6.08 Å². The van der Waals surface area contributed by atoms with Crippen LogP contribution in [-0.2, 0) is 13.1 Å². The number of nitrogens with zero attached hydrogens (tertiary/aromatic N) is 3. The van der Waals surface area contributed by atoms with E-state index in [9.17, 15) is 4.39 Å². The number of aromatic amines is 2. The molecule has 2 unspecified atom stereocenters. The van der Waals surface area contributed by atoms with E-state index in [-0.39, 0.29) is 5.92 Å². The van der Waals surface area contributed by atoms with E-state index in [1.165, 1.54) is 11.3 Å². The number of allylic oxidation sites excluding steroid dienone is 4. The third-order valence-corrected chi connectivity index (χ3v) is 6.67. The molecule has 168 valence electrons. The van der Waals surface area contributed by atoms with Gasteiger partial charge in [-0.25, -0.2) is 9.37 Å². The number of halogens is 1. The monoisotopic (exact) mass is 433 g/mol. The Morgan fingerprint density at radius 3 is 2.84 bits per heavy atom. The molecule has 3 heterocycles. The van der Waals surface area contributed by atoms with Crippen molar-refractivity contribution in [1.29, 1.82) is 0 Å². The summed E-state index contributed by atoms with van der Waals surface area (Å²) in [5.41, 5.74) is 7.35. The average molecular weight is 434 g/mol. The SMILES string of the molecule is CCC1=CCC(C)C(F)C=C1c1ccc2c(-c3nc4c([nH]3)CN(CC(C)C)C4)n[nH]c2c1. The lowest BCUT2D eigenvalue weighted by molar-refractivity contribution is 0.248. The van der Waals surface area contributed by atoms with E-state index in [2.05, 4.69) is 65.1 Å². The minimum atomic E-state index is -0.931. The van der Waals surface area contributed by atoms with Crippen molar-refractivity contribution in [3.05, 3.63) is 52.9 Å². The fraction of sp³-hybridized carbons (Fsp3) is 0.462. The molecule has 2 atom stereocenters. The second kappa shape index (κ2) is 8.32. The lowest BCUT2D eigenvalue weighted by Crippen LogP contribution is -2.22. The molecule has 0 radical (unpaired) electrons. The van der Waals surface area contributed by atoms with Crippen molar-refractivity contribution in [2.45, 2.75) is 59.8 Å². The van der Waals surface area contributed by atoms with E-state index >= 15 is 0 Å². The van der Waals surface area contributed by atoms with Crippen molar-refractivity contribution in [1.82, 2.24) is 25.1 Å². The molecule has 5 nitrogen and oxygen atoms in total. The average Bonchev–Trinajstić information content (AvgIpc) is 3.41. The van der Waals surface area contributed by atoms with Gasteiger partial charge in [0, 0.05) is 25.0 Å². The van der Waals surface area contributed by atoms with Gasteiger partial charge in [0.1, 0.15) is 11.9 Å². The summed E-state index contributed by atoms with van der Waals surface area (Å²) in [6.45, 7) is 11.5. The highest BCUT2D eigenvalue weighted by atomic mass is 19.1. The second-order valence-electron chi connectivity index (χ2n) is 9.73. The number of alkyl halides is 1. The molecule has 2 aromatic heterocycles. The summed E-state index contributed by atoms with van der Waals surface area (Å²) in [5.74, 6) is 1.47. The van der Waals surface area contributed by atoms with Gasteiger partial charge >= 0.3 is 0 Å². The Kier molecular flexibility index (Phi) is 5.49. The number of rotatable bonds is 5. The number of hydrogen-bond acceptors (Lipinski definition) is 3. The molecule has 32 heavy (non-hydrogen) atoms. The molecule has 1 aliphatic carbocycles. The van der Waals surface area contributed by atoms with Crippen molar-refractivity contribution in [3.63, 3.8) is 0 Å². The Balaban J connectivity index is 1.45. The van der Waals surface area contributed by atoms with Gasteiger partial charge < -0.3 is 4.98 Å². The van der Waals surface area contributed by atoms with Crippen molar-refractivity contribution < 1.29 is 4.39 Å². The van der Waals surface area contributed by atoms with Crippen LogP contribution in [0.3, 0.4) is 0 Å². The molecule has 2 N–H and O–H groups in total. The second-order valence-corrected chi connectivity index (χ2v) is 9.73. The quantitative estimate of drug-likeness (QED) is 0.517. The first-order chi connectivity index (χ1) is 15.4. The summed E-state index contributed by atoms with van der Waals surface area (Å²) in [6.07, 6.45) is 4.73. The first-order valence-electron chi connectivity index (χ1n) is 11.8. The highest BCUT2D eigenvalue weighted by Crippen LogP contribution is 2.35. The lowest BCUT2D eigenvalue weighted by Gasteiger charge is -2.16. The van der Waals surface area contributed by atoms with Crippen LogP contribution < -0.4 is 0 Å². The van der Waals surface area contributed by atoms with E-state index in [1.807, 2.05) is 6.92 Å². The number of imidazole rings is 1. The van der Waals surface area contributed by atoms with Gasteiger partial charge in [0.25, 0.3) is 0 Å². The normalized spacial score (nSPS) is 21.7. The van der Waals surface area contributed by atoms with Crippen LogP contribution in [0.2, 0.25) is 0 Å². The summed E-state index contributed by atoms with van der Waals surface area (Å²) >= 11 is 0. The number of H-pyrrole nitrogens is 2. The van der Waals surface area contributed by atoms with Crippen LogP contribution in [0.15, 0.2) is 35.9 Å². The Morgan fingerprint density at radius 1 is 1.25 bits per heavy atom. The number of nitrogens with one attached hydrogen (secondary N) is 2. The molecular formula is C26H32FN5. The van der Waals surface area contributed by atoms with Gasteiger partial charge in [-0.2, -0.15) is 5.10 Å². The summed E-state index contributed by atoms with van der Waals surface area (Å²) in [5, 5.41) is 8.78. The predicted octanol–water partition coefficient (Wildman–Crippen LogP) is 6.02. The first-order valence-corrected chi connectivity index (χ1v) is 11.8. The molecule has 0 saturated carbocycles. The Bertz CT molecular complexity index is 1170. The van der Waals surface area contributed by atoms with Gasteiger partial charge in [-0.1, -0.05) is 39.8 Å². The topological polar surface area (TPSA) is 60.6 Å². The molecule has 1 aromatic carbocycles. The smallest absolute Gasteiger partial charge is 0.159 e. The molecule has 0 amide bonds. The molecule has 0 saturated heterocycles. The molecular weight excluding hydrogens is 401 g/mol. The van der Waals surface area contributed by atoms with Crippen LogP contribution in [0.5, 0.6) is 0 Å². The van der Waals surface area contributed by atoms with Crippen LogP contribution in [0.25, 0.3) is 28.0 Å². The molecule has 5 rings (SSSR count). The van der Waals surface area contributed by atoms with Crippen LogP contribution in [0.1, 0.15) is 57.5 Å². The minimum absolute atomic E-state index is 0.00824. The minimum Gasteiger partial charge on any atom is -0.339 e. The maximum atomic E-state index is 14.7. The van der Waals surface area contributed by atoms with Crippen LogP contribution >= 0.6 is 0 Å². The number of aromatic nitrogens is 4. The van der Waals surface area contributed by atoms with E-state index in [0.29, 0.717) is 5.92 Å². The zero-order valence-electron chi connectivity index (χ0n) is 19.4. The molecule has 6 heteroatoms. The lowest BCUT2D eigenvalue weighted by atomic mass is 9.94. The van der Waals surface area contributed by atoms with Crippen LogP contribution in [0.4, 0.5) is 4.39 Å². The van der Waals surface area contributed by atoms with Gasteiger partial charge in [0.2, 0.25) is 0 Å². The van der Waals surface area contributed by atoms with Crippen molar-refractivity contribution in [3.8, 4) is 11.5 Å². The third kappa shape index (κ3) is 3.81. The molecule has 0 bridgehead atoms. The van der Waals surface area contributed by atoms with Crippen molar-refractivity contribution in [2.24, 2.45) is 11.8 Å². The summed E-state index contributed by atoms with van der Waals surface area (Å²) in [7, 11) is 0. The molecule has 0 fully saturated rings. The highest BCUT2D eigenvalue weighted by Gasteiger charge is 2.25. The highest BCUT2D eigenvalue weighted by molar-refractivity contribution is 5.94. The number of benzene rings is 1. The van der Waals surface area contributed by atoms with Gasteiger partial charge in [-0.3, -0.25) is 10.00 Å².